The van der Waals surface area contributed by atoms with Crippen molar-refractivity contribution in [3.05, 3.63) is 93.3 Å². The third-order valence-corrected chi connectivity index (χ3v) is 5.68. The van der Waals surface area contributed by atoms with Gasteiger partial charge in [0.25, 0.3) is 5.91 Å². The smallest absolute Gasteiger partial charge is 0.355 e. The highest BCUT2D eigenvalue weighted by molar-refractivity contribution is 6.39. The fourth-order valence-corrected chi connectivity index (χ4v) is 3.84. The summed E-state index contributed by atoms with van der Waals surface area (Å²) in [5.41, 5.74) is -0.833. The molecule has 0 aliphatic carbocycles. The van der Waals surface area contributed by atoms with E-state index in [1.165, 1.54) is 18.2 Å². The van der Waals surface area contributed by atoms with Gasteiger partial charge < -0.3 is 10.6 Å². The van der Waals surface area contributed by atoms with Crippen LogP contribution in [0.2, 0.25) is 10.0 Å². The first kappa shape index (κ1) is 24.3. The van der Waals surface area contributed by atoms with E-state index in [4.69, 9.17) is 28.5 Å². The summed E-state index contributed by atoms with van der Waals surface area (Å²) in [7, 11) is 0. The summed E-state index contributed by atoms with van der Waals surface area (Å²) in [6.07, 6.45) is -4.65. The Labute approximate surface area is 205 Å². The van der Waals surface area contributed by atoms with Crippen LogP contribution in [0.5, 0.6) is 0 Å². The van der Waals surface area contributed by atoms with Crippen LogP contribution in [-0.2, 0) is 6.18 Å². The molecule has 0 spiro atoms. The average Bonchev–Trinajstić information content (AvgIpc) is 2.81. The van der Waals surface area contributed by atoms with Crippen molar-refractivity contribution in [1.82, 2.24) is 4.98 Å². The van der Waals surface area contributed by atoms with Crippen LogP contribution in [-0.4, -0.2) is 10.9 Å². The number of anilines is 3. The lowest BCUT2D eigenvalue weighted by Crippen LogP contribution is -2.14. The maximum Gasteiger partial charge on any atom is 0.433 e. The van der Waals surface area contributed by atoms with E-state index in [1.54, 1.807) is 36.4 Å². The summed E-state index contributed by atoms with van der Waals surface area (Å²) in [6, 6.07) is 15.8. The van der Waals surface area contributed by atoms with Gasteiger partial charge in [-0.15, -0.1) is 0 Å². The topological polar surface area (TPSA) is 77.8 Å². The fraction of sp³-hybridized carbons (Fsp3) is 0.0417. The molecule has 2 N–H and O–H groups in total. The summed E-state index contributed by atoms with van der Waals surface area (Å²) in [5.74, 6) is -1.80. The molecule has 1 heterocycles. The SMILES string of the molecule is N#Cc1c(Cl)c(F)cc(C(=O)Nc2cccc(Nc3cc(C(F)(F)F)nc4ccccc34)c2)c1Cl. The van der Waals surface area contributed by atoms with E-state index in [0.29, 0.717) is 11.1 Å². The summed E-state index contributed by atoms with van der Waals surface area (Å²) < 4.78 is 54.1. The number of halogens is 6. The molecule has 0 aliphatic heterocycles. The molecule has 0 fully saturated rings. The molecule has 0 bridgehead atoms. The number of nitrogens with one attached hydrogen (secondary N) is 2. The van der Waals surface area contributed by atoms with E-state index in [0.717, 1.165) is 12.1 Å². The van der Waals surface area contributed by atoms with Crippen molar-refractivity contribution >= 4 is 57.1 Å². The molecule has 0 atom stereocenters. The number of alkyl halides is 3. The zero-order chi connectivity index (χ0) is 25.3. The van der Waals surface area contributed by atoms with Gasteiger partial charge in [-0.1, -0.05) is 47.5 Å². The highest BCUT2D eigenvalue weighted by Crippen LogP contribution is 2.35. The molecule has 35 heavy (non-hydrogen) atoms. The zero-order valence-electron chi connectivity index (χ0n) is 17.3. The van der Waals surface area contributed by atoms with Crippen LogP contribution >= 0.6 is 23.2 Å². The van der Waals surface area contributed by atoms with Gasteiger partial charge in [0.15, 0.2) is 0 Å². The van der Waals surface area contributed by atoms with Crippen LogP contribution in [0.3, 0.4) is 0 Å². The number of hydrogen-bond donors (Lipinski definition) is 2. The monoisotopic (exact) mass is 518 g/mol. The van der Waals surface area contributed by atoms with E-state index in [2.05, 4.69) is 15.6 Å². The Morgan fingerprint density at radius 2 is 1.69 bits per heavy atom. The van der Waals surface area contributed by atoms with Crippen molar-refractivity contribution < 1.29 is 22.4 Å². The van der Waals surface area contributed by atoms with Crippen molar-refractivity contribution in [2.45, 2.75) is 6.18 Å². The number of nitrogens with zero attached hydrogens (tertiary/aromatic N) is 2. The second-order valence-corrected chi connectivity index (χ2v) is 8.01. The minimum absolute atomic E-state index is 0.155. The van der Waals surface area contributed by atoms with Crippen molar-refractivity contribution in [1.29, 1.82) is 5.26 Å². The van der Waals surface area contributed by atoms with Gasteiger partial charge in [0, 0.05) is 16.8 Å². The lowest BCUT2D eigenvalue weighted by atomic mass is 10.1. The summed E-state index contributed by atoms with van der Waals surface area (Å²) in [6.45, 7) is 0. The Bertz CT molecular complexity index is 1520. The van der Waals surface area contributed by atoms with Crippen LogP contribution in [0, 0.1) is 17.1 Å². The van der Waals surface area contributed by atoms with Gasteiger partial charge in [-0.05, 0) is 36.4 Å². The normalized spacial score (nSPS) is 11.2. The van der Waals surface area contributed by atoms with Crippen LogP contribution in [0.15, 0.2) is 60.7 Å². The van der Waals surface area contributed by atoms with Crippen molar-refractivity contribution in [2.75, 3.05) is 10.6 Å². The molecule has 0 saturated carbocycles. The minimum Gasteiger partial charge on any atom is -0.355 e. The first-order valence-electron chi connectivity index (χ1n) is 9.81. The largest absolute Gasteiger partial charge is 0.433 e. The van der Waals surface area contributed by atoms with Crippen molar-refractivity contribution in [2.24, 2.45) is 0 Å². The fourth-order valence-electron chi connectivity index (χ4n) is 3.32. The van der Waals surface area contributed by atoms with E-state index in [9.17, 15) is 22.4 Å². The Morgan fingerprint density at radius 1 is 0.971 bits per heavy atom. The first-order valence-corrected chi connectivity index (χ1v) is 10.6. The van der Waals surface area contributed by atoms with Crippen molar-refractivity contribution in [3.8, 4) is 6.07 Å². The van der Waals surface area contributed by atoms with Gasteiger partial charge in [-0.3, -0.25) is 4.79 Å². The molecule has 0 saturated heterocycles. The molecule has 0 unspecified atom stereocenters. The molecular weight excluding hydrogens is 507 g/mol. The number of aromatic nitrogens is 1. The predicted molar refractivity (Wildman–Crippen MR) is 126 cm³/mol. The quantitative estimate of drug-likeness (QED) is 0.215. The van der Waals surface area contributed by atoms with Gasteiger partial charge in [-0.25, -0.2) is 9.37 Å². The molecular formula is C24H12Cl2F4N4O. The number of hydrogen-bond acceptors (Lipinski definition) is 4. The van der Waals surface area contributed by atoms with Crippen LogP contribution in [0.1, 0.15) is 21.6 Å². The second kappa shape index (κ2) is 9.41. The molecule has 176 valence electrons. The molecule has 0 aliphatic rings. The third-order valence-electron chi connectivity index (χ3n) is 4.92. The van der Waals surface area contributed by atoms with Gasteiger partial charge in [0.2, 0.25) is 0 Å². The van der Waals surface area contributed by atoms with Crippen molar-refractivity contribution in [3.63, 3.8) is 0 Å². The van der Waals surface area contributed by atoms with E-state index >= 15 is 0 Å². The van der Waals surface area contributed by atoms with Gasteiger partial charge in [0.05, 0.1) is 32.4 Å². The number of nitriles is 1. The number of amides is 1. The standard InChI is InChI=1S/C24H12Cl2F4N4O/c25-21-15(9-17(27)22(26)16(21)11-31)23(35)33-13-5-3-4-12(8-13)32-19-10-20(24(28,29)30)34-18-7-2-1-6-14(18)19/h1-10H,(H,32,34)(H,33,35). The number of carbonyl (C=O) groups excluding carboxylic acids is 1. The lowest BCUT2D eigenvalue weighted by Gasteiger charge is -2.14. The molecule has 0 radical (unpaired) electrons. The van der Waals surface area contributed by atoms with Crippen LogP contribution < -0.4 is 10.6 Å². The molecule has 11 heteroatoms. The summed E-state index contributed by atoms with van der Waals surface area (Å²) >= 11 is 11.8. The van der Waals surface area contributed by atoms with Gasteiger partial charge in [0.1, 0.15) is 17.6 Å². The maximum atomic E-state index is 14.0. The highest BCUT2D eigenvalue weighted by atomic mass is 35.5. The lowest BCUT2D eigenvalue weighted by molar-refractivity contribution is -0.140. The first-order chi connectivity index (χ1) is 16.6. The van der Waals surface area contributed by atoms with Gasteiger partial charge >= 0.3 is 6.18 Å². The molecule has 3 aromatic carbocycles. The van der Waals surface area contributed by atoms with E-state index < -0.39 is 28.6 Å². The summed E-state index contributed by atoms with van der Waals surface area (Å²) in [5, 5.41) is 14.2. The van der Waals surface area contributed by atoms with Gasteiger partial charge in [-0.2, -0.15) is 18.4 Å². The van der Waals surface area contributed by atoms with Crippen LogP contribution in [0.4, 0.5) is 34.6 Å². The average molecular weight is 519 g/mol. The molecule has 1 amide bonds. The number of para-hydroxylation sites is 1. The number of benzene rings is 3. The summed E-state index contributed by atoms with van der Waals surface area (Å²) in [4.78, 5) is 16.4. The Hall–Kier alpha value is -3.87. The highest BCUT2D eigenvalue weighted by Gasteiger charge is 2.33. The number of pyridine rings is 1. The molecule has 1 aromatic heterocycles. The van der Waals surface area contributed by atoms with Crippen LogP contribution in [0.25, 0.3) is 10.9 Å². The maximum absolute atomic E-state index is 14.0. The predicted octanol–water partition coefficient (Wildman–Crippen LogP) is 7.57. The Balaban J connectivity index is 1.65. The zero-order valence-corrected chi connectivity index (χ0v) is 18.9. The number of fused-ring (bicyclic) bond motifs is 1. The number of rotatable bonds is 4. The second-order valence-electron chi connectivity index (χ2n) is 7.25. The third kappa shape index (κ3) is 4.99. The van der Waals surface area contributed by atoms with E-state index in [-0.39, 0.29) is 33.0 Å². The molecule has 5 nitrogen and oxygen atoms in total. The Morgan fingerprint density at radius 3 is 2.40 bits per heavy atom. The molecule has 4 aromatic rings. The van der Waals surface area contributed by atoms with E-state index in [1.807, 2.05) is 0 Å². The molecule has 4 rings (SSSR count). The number of carbonyl (C=O) groups is 1. The Kier molecular flexibility index (Phi) is 6.52. The minimum atomic E-state index is -4.65.